The van der Waals surface area contributed by atoms with Gasteiger partial charge >= 0.3 is 0 Å². The molecule has 2 nitrogen and oxygen atoms in total. The fraction of sp³-hybridized carbons (Fsp3) is 0.750. The largest absolute Gasteiger partial charge is 0.342 e. The molecule has 1 aliphatic rings. The normalized spacial score (nSPS) is 17.8. The van der Waals surface area contributed by atoms with E-state index in [1.54, 1.807) is 0 Å². The zero-order chi connectivity index (χ0) is 17.1. The van der Waals surface area contributed by atoms with Crippen LogP contribution < -0.4 is 0 Å². The maximum Gasteiger partial charge on any atom is 0.236 e. The highest BCUT2D eigenvalue weighted by molar-refractivity contribution is 5.88. The molecule has 1 aliphatic carbocycles. The van der Waals surface area contributed by atoms with E-state index in [0.29, 0.717) is 11.8 Å². The topological polar surface area (TPSA) is 20.3 Å². The second-order valence-corrected chi connectivity index (χ2v) is 7.49. The Bertz CT molecular complexity index is 426. The van der Waals surface area contributed by atoms with Crippen LogP contribution >= 0.6 is 0 Å². The van der Waals surface area contributed by atoms with Gasteiger partial charge in [0.2, 0.25) is 5.91 Å². The van der Waals surface area contributed by atoms with E-state index in [9.17, 15) is 4.79 Å². The van der Waals surface area contributed by atoms with Crippen LogP contribution in [-0.2, 0) is 4.79 Å². The van der Waals surface area contributed by atoms with E-state index in [4.69, 9.17) is 0 Å². The van der Waals surface area contributed by atoms with Gasteiger partial charge in [0.15, 0.2) is 0 Å². The van der Waals surface area contributed by atoms with Crippen molar-refractivity contribution in [3.05, 3.63) is 23.3 Å². The van der Waals surface area contributed by atoms with Crippen molar-refractivity contribution in [3.63, 3.8) is 0 Å². The molecule has 0 unspecified atom stereocenters. The van der Waals surface area contributed by atoms with Crippen LogP contribution in [0.1, 0.15) is 61.8 Å². The van der Waals surface area contributed by atoms with Gasteiger partial charge in [-0.2, -0.15) is 0 Å². The van der Waals surface area contributed by atoms with Crippen molar-refractivity contribution in [3.8, 4) is 0 Å². The summed E-state index contributed by atoms with van der Waals surface area (Å²) in [6.45, 7) is 19.0. The summed E-state index contributed by atoms with van der Waals surface area (Å²) in [4.78, 5) is 15.3. The quantitative estimate of drug-likeness (QED) is 0.628. The third kappa shape index (κ3) is 3.64. The molecule has 2 heteroatoms. The minimum atomic E-state index is -0.469. The summed E-state index contributed by atoms with van der Waals surface area (Å²) >= 11 is 0. The van der Waals surface area contributed by atoms with Crippen LogP contribution in [0, 0.1) is 23.2 Å². The van der Waals surface area contributed by atoms with Gasteiger partial charge in [0.05, 0.1) is 5.41 Å². The maximum absolute atomic E-state index is 13.3. The van der Waals surface area contributed by atoms with Gasteiger partial charge in [-0.25, -0.2) is 0 Å². The first kappa shape index (κ1) is 19.0. The van der Waals surface area contributed by atoms with Crippen LogP contribution in [-0.4, -0.2) is 23.9 Å². The van der Waals surface area contributed by atoms with Crippen LogP contribution in [0.25, 0.3) is 0 Å². The Morgan fingerprint density at radius 3 is 1.68 bits per heavy atom. The molecular weight excluding hydrogens is 270 g/mol. The van der Waals surface area contributed by atoms with Crippen molar-refractivity contribution in [2.75, 3.05) is 13.1 Å². The van der Waals surface area contributed by atoms with E-state index in [1.807, 2.05) is 4.90 Å². The molecule has 0 aromatic heterocycles. The van der Waals surface area contributed by atoms with E-state index < -0.39 is 5.41 Å². The fourth-order valence-corrected chi connectivity index (χ4v) is 3.22. The highest BCUT2D eigenvalue weighted by Gasteiger charge is 2.42. The molecule has 126 valence electrons. The van der Waals surface area contributed by atoms with Crippen molar-refractivity contribution in [1.29, 1.82) is 0 Å². The molecule has 0 atom stereocenters. The second kappa shape index (κ2) is 7.48. The molecule has 1 amide bonds. The van der Waals surface area contributed by atoms with Gasteiger partial charge in [-0.15, -0.1) is 0 Å². The molecule has 0 radical (unpaired) electrons. The van der Waals surface area contributed by atoms with Crippen LogP contribution in [0.2, 0.25) is 0 Å². The van der Waals surface area contributed by atoms with Gasteiger partial charge in [-0.3, -0.25) is 4.79 Å². The average molecular weight is 306 g/mol. The van der Waals surface area contributed by atoms with Gasteiger partial charge in [0, 0.05) is 13.1 Å². The lowest BCUT2D eigenvalue weighted by Crippen LogP contribution is -2.46. The van der Waals surface area contributed by atoms with Crippen molar-refractivity contribution in [1.82, 2.24) is 4.90 Å². The third-order valence-electron chi connectivity index (χ3n) is 5.12. The molecule has 22 heavy (non-hydrogen) atoms. The van der Waals surface area contributed by atoms with Gasteiger partial charge in [-0.05, 0) is 38.0 Å². The average Bonchev–Trinajstić information content (AvgIpc) is 2.47. The first-order valence-electron chi connectivity index (χ1n) is 8.92. The fourth-order valence-electron chi connectivity index (χ4n) is 3.22. The third-order valence-corrected chi connectivity index (χ3v) is 5.12. The summed E-state index contributed by atoms with van der Waals surface area (Å²) in [5.41, 5.74) is 2.37. The summed E-state index contributed by atoms with van der Waals surface area (Å²) in [6.07, 6.45) is 5.60. The minimum Gasteiger partial charge on any atom is -0.342 e. The van der Waals surface area contributed by atoms with Gasteiger partial charge in [0.1, 0.15) is 0 Å². The van der Waals surface area contributed by atoms with E-state index in [-0.39, 0.29) is 11.8 Å². The number of rotatable bonds is 6. The zero-order valence-corrected chi connectivity index (χ0v) is 15.9. The monoisotopic (exact) mass is 305 g/mol. The predicted molar refractivity (Wildman–Crippen MR) is 95.7 cm³/mol. The Hall–Kier alpha value is -1.05. The van der Waals surface area contributed by atoms with Crippen molar-refractivity contribution < 1.29 is 4.79 Å². The van der Waals surface area contributed by atoms with Gasteiger partial charge in [-0.1, -0.05) is 64.8 Å². The highest BCUT2D eigenvalue weighted by atomic mass is 16.2. The lowest BCUT2D eigenvalue weighted by atomic mass is 9.67. The lowest BCUT2D eigenvalue weighted by Gasteiger charge is -2.40. The highest BCUT2D eigenvalue weighted by Crippen LogP contribution is 2.43. The molecule has 0 fully saturated rings. The first-order chi connectivity index (χ1) is 10.2. The summed E-state index contributed by atoms with van der Waals surface area (Å²) < 4.78 is 0. The molecule has 0 aliphatic heterocycles. The molecule has 0 N–H and O–H groups in total. The predicted octanol–water partition coefficient (Wildman–Crippen LogP) is 5.07. The Morgan fingerprint density at radius 2 is 1.41 bits per heavy atom. The Labute approximate surface area is 137 Å². The Balaban J connectivity index is 3.45. The van der Waals surface area contributed by atoms with Crippen LogP contribution in [0.15, 0.2) is 23.3 Å². The molecule has 0 aromatic rings. The van der Waals surface area contributed by atoms with Crippen molar-refractivity contribution in [2.45, 2.75) is 61.8 Å². The molecule has 0 bridgehead atoms. The first-order valence-corrected chi connectivity index (χ1v) is 8.92. The number of hydrogen-bond donors (Lipinski definition) is 0. The second-order valence-electron chi connectivity index (χ2n) is 7.49. The summed E-state index contributed by atoms with van der Waals surface area (Å²) in [5.74, 6) is 1.52. The molecule has 0 spiro atoms. The van der Waals surface area contributed by atoms with E-state index >= 15 is 0 Å². The minimum absolute atomic E-state index is 0.267. The zero-order valence-electron chi connectivity index (χ0n) is 15.9. The Kier molecular flexibility index (Phi) is 6.46. The number of carbonyl (C=O) groups is 1. The van der Waals surface area contributed by atoms with E-state index in [1.165, 1.54) is 11.1 Å². The maximum atomic E-state index is 13.3. The standard InChI is InChI=1S/C20H35NO/c1-9-21(10-2)19(22)20(16(7)8)12-17(14(3)4)11-18(13-20)15(5)6/h12-16H,9-11H2,1-8H3. The van der Waals surface area contributed by atoms with E-state index in [2.05, 4.69) is 67.5 Å². The van der Waals surface area contributed by atoms with Crippen molar-refractivity contribution >= 4 is 5.91 Å². The van der Waals surface area contributed by atoms with Crippen LogP contribution in [0.5, 0.6) is 0 Å². The summed E-state index contributed by atoms with van der Waals surface area (Å²) in [5, 5.41) is 0. The van der Waals surface area contributed by atoms with Crippen molar-refractivity contribution in [2.24, 2.45) is 23.2 Å². The summed E-state index contributed by atoms with van der Waals surface area (Å²) in [6, 6.07) is 0. The lowest BCUT2D eigenvalue weighted by molar-refractivity contribution is -0.138. The molecular formula is C20H35NO. The molecule has 0 heterocycles. The van der Waals surface area contributed by atoms with Gasteiger partial charge in [0.25, 0.3) is 0 Å². The van der Waals surface area contributed by atoms with Crippen LogP contribution in [0.4, 0.5) is 0 Å². The van der Waals surface area contributed by atoms with Gasteiger partial charge < -0.3 is 4.90 Å². The molecule has 0 saturated carbocycles. The number of amides is 1. The SMILES string of the molecule is CCN(CC)C(=O)C1(C(C)C)C=C(C(C)C)CC(C(C)C)=C1. The van der Waals surface area contributed by atoms with Crippen LogP contribution in [0.3, 0.4) is 0 Å². The number of allylic oxidation sites excluding steroid dienone is 2. The number of carbonyl (C=O) groups excluding carboxylic acids is 1. The van der Waals surface area contributed by atoms with E-state index in [0.717, 1.165) is 19.5 Å². The number of nitrogens with zero attached hydrogens (tertiary/aromatic N) is 1. The Morgan fingerprint density at radius 1 is 1.00 bits per heavy atom. The molecule has 0 saturated heterocycles. The number of hydrogen-bond acceptors (Lipinski definition) is 1. The molecule has 0 aromatic carbocycles. The summed E-state index contributed by atoms with van der Waals surface area (Å²) in [7, 11) is 0. The molecule has 1 rings (SSSR count). The smallest absolute Gasteiger partial charge is 0.236 e.